The van der Waals surface area contributed by atoms with Crippen LogP contribution in [0.1, 0.15) is 58.3 Å². The second kappa shape index (κ2) is 10.7. The van der Waals surface area contributed by atoms with Gasteiger partial charge in [-0.05, 0) is 30.7 Å². The lowest BCUT2D eigenvalue weighted by Gasteiger charge is -2.07. The lowest BCUT2D eigenvalue weighted by molar-refractivity contribution is 0.304. The maximum atomic E-state index is 5.72. The van der Waals surface area contributed by atoms with Crippen molar-refractivity contribution >= 4 is 5.69 Å². The van der Waals surface area contributed by atoms with Crippen LogP contribution < -0.4 is 10.1 Å². The Morgan fingerprint density at radius 3 is 2.00 bits per heavy atom. The van der Waals surface area contributed by atoms with E-state index < -0.39 is 0 Å². The highest BCUT2D eigenvalue weighted by Gasteiger charge is 1.95. The molecule has 0 radical (unpaired) electrons. The molecular weight excluding hydrogens is 234 g/mol. The summed E-state index contributed by atoms with van der Waals surface area (Å²) >= 11 is 0. The van der Waals surface area contributed by atoms with E-state index in [1.807, 2.05) is 31.3 Å². The summed E-state index contributed by atoms with van der Waals surface area (Å²) in [6.07, 6.45) is 10.7. The number of ether oxygens (including phenoxy) is 1. The van der Waals surface area contributed by atoms with E-state index in [4.69, 9.17) is 4.74 Å². The number of nitrogens with one attached hydrogen (secondary N) is 1. The predicted molar refractivity (Wildman–Crippen MR) is 84.1 cm³/mol. The largest absolute Gasteiger partial charge is 0.494 e. The van der Waals surface area contributed by atoms with E-state index in [0.29, 0.717) is 0 Å². The summed E-state index contributed by atoms with van der Waals surface area (Å²) in [6.45, 7) is 3.11. The van der Waals surface area contributed by atoms with Gasteiger partial charge in [0, 0.05) is 12.7 Å². The van der Waals surface area contributed by atoms with Gasteiger partial charge in [0.25, 0.3) is 0 Å². The molecule has 2 nitrogen and oxygen atoms in total. The van der Waals surface area contributed by atoms with Crippen molar-refractivity contribution in [2.24, 2.45) is 0 Å². The van der Waals surface area contributed by atoms with Gasteiger partial charge in [-0.3, -0.25) is 0 Å². The molecule has 0 saturated heterocycles. The average molecular weight is 263 g/mol. The molecule has 0 aromatic heterocycles. The first-order chi connectivity index (χ1) is 9.36. The molecule has 0 atom stereocenters. The topological polar surface area (TPSA) is 21.3 Å². The van der Waals surface area contributed by atoms with Crippen LogP contribution in [0.4, 0.5) is 5.69 Å². The molecule has 0 amide bonds. The molecule has 1 aromatic carbocycles. The number of anilines is 1. The Morgan fingerprint density at radius 2 is 1.42 bits per heavy atom. The van der Waals surface area contributed by atoms with Crippen molar-refractivity contribution in [1.29, 1.82) is 0 Å². The van der Waals surface area contributed by atoms with Gasteiger partial charge < -0.3 is 10.1 Å². The van der Waals surface area contributed by atoms with Gasteiger partial charge in [0.15, 0.2) is 0 Å². The van der Waals surface area contributed by atoms with Gasteiger partial charge in [0.05, 0.1) is 6.61 Å². The number of unbranched alkanes of at least 4 members (excludes halogenated alkanes) is 7. The smallest absolute Gasteiger partial charge is 0.119 e. The van der Waals surface area contributed by atoms with Crippen molar-refractivity contribution < 1.29 is 4.74 Å². The Kier molecular flexibility index (Phi) is 8.95. The molecule has 0 heterocycles. The van der Waals surface area contributed by atoms with Crippen LogP contribution in [0.5, 0.6) is 5.75 Å². The molecule has 108 valence electrons. The molecule has 0 saturated carbocycles. The summed E-state index contributed by atoms with van der Waals surface area (Å²) in [5, 5.41) is 3.10. The molecule has 1 aromatic rings. The molecule has 0 bridgehead atoms. The minimum Gasteiger partial charge on any atom is -0.494 e. The van der Waals surface area contributed by atoms with Crippen LogP contribution in [0.2, 0.25) is 0 Å². The summed E-state index contributed by atoms with van der Waals surface area (Å²) < 4.78 is 5.72. The van der Waals surface area contributed by atoms with Crippen LogP contribution in [0.15, 0.2) is 24.3 Å². The highest BCUT2D eigenvalue weighted by molar-refractivity contribution is 5.45. The number of hydrogen-bond donors (Lipinski definition) is 1. The lowest BCUT2D eigenvalue weighted by Crippen LogP contribution is -1.97. The fraction of sp³-hybridized carbons (Fsp3) is 0.647. The van der Waals surface area contributed by atoms with Crippen molar-refractivity contribution in [3.8, 4) is 5.75 Å². The van der Waals surface area contributed by atoms with E-state index in [2.05, 4.69) is 12.2 Å². The molecular formula is C17H29NO. The maximum absolute atomic E-state index is 5.72. The molecule has 1 N–H and O–H groups in total. The Balaban J connectivity index is 1.95. The van der Waals surface area contributed by atoms with E-state index >= 15 is 0 Å². The summed E-state index contributed by atoms with van der Waals surface area (Å²) in [7, 11) is 1.93. The molecule has 2 heteroatoms. The van der Waals surface area contributed by atoms with Gasteiger partial charge in [-0.1, -0.05) is 51.9 Å². The fourth-order valence-electron chi connectivity index (χ4n) is 2.14. The minimum absolute atomic E-state index is 0.841. The average Bonchev–Trinajstić information content (AvgIpc) is 2.46. The van der Waals surface area contributed by atoms with E-state index in [1.165, 1.54) is 51.4 Å². The third-order valence-electron chi connectivity index (χ3n) is 3.41. The van der Waals surface area contributed by atoms with Crippen LogP contribution in [-0.4, -0.2) is 13.7 Å². The van der Waals surface area contributed by atoms with Gasteiger partial charge in [0.1, 0.15) is 5.75 Å². The van der Waals surface area contributed by atoms with Crippen molar-refractivity contribution in [3.63, 3.8) is 0 Å². The Hall–Kier alpha value is -1.18. The zero-order valence-corrected chi connectivity index (χ0v) is 12.6. The Labute approximate surface area is 118 Å². The van der Waals surface area contributed by atoms with Crippen LogP contribution in [0.3, 0.4) is 0 Å². The molecule has 0 aliphatic heterocycles. The first kappa shape index (κ1) is 15.9. The standard InChI is InChI=1S/C17H29NO/c1-3-4-5-6-7-8-9-10-15-19-17-13-11-16(18-2)12-14-17/h11-14,18H,3-10,15H2,1-2H3. The van der Waals surface area contributed by atoms with E-state index in [9.17, 15) is 0 Å². The predicted octanol–water partition coefficient (Wildman–Crippen LogP) is 5.25. The molecule has 0 fully saturated rings. The zero-order chi connectivity index (χ0) is 13.8. The molecule has 0 unspecified atom stereocenters. The monoisotopic (exact) mass is 263 g/mol. The lowest BCUT2D eigenvalue weighted by atomic mass is 10.1. The second-order valence-electron chi connectivity index (χ2n) is 5.10. The number of benzene rings is 1. The molecule has 0 spiro atoms. The van der Waals surface area contributed by atoms with Crippen molar-refractivity contribution in [1.82, 2.24) is 0 Å². The summed E-state index contributed by atoms with van der Waals surface area (Å²) in [4.78, 5) is 0. The van der Waals surface area contributed by atoms with Crippen molar-refractivity contribution in [3.05, 3.63) is 24.3 Å². The van der Waals surface area contributed by atoms with E-state index in [0.717, 1.165) is 18.0 Å². The van der Waals surface area contributed by atoms with Crippen molar-refractivity contribution in [2.75, 3.05) is 19.0 Å². The van der Waals surface area contributed by atoms with E-state index in [-0.39, 0.29) is 0 Å². The van der Waals surface area contributed by atoms with Gasteiger partial charge in [-0.2, -0.15) is 0 Å². The van der Waals surface area contributed by atoms with Crippen LogP contribution in [0.25, 0.3) is 0 Å². The van der Waals surface area contributed by atoms with Gasteiger partial charge in [-0.15, -0.1) is 0 Å². The van der Waals surface area contributed by atoms with Gasteiger partial charge >= 0.3 is 0 Å². The van der Waals surface area contributed by atoms with Crippen molar-refractivity contribution in [2.45, 2.75) is 58.3 Å². The highest BCUT2D eigenvalue weighted by Crippen LogP contribution is 2.15. The minimum atomic E-state index is 0.841. The number of hydrogen-bond acceptors (Lipinski definition) is 2. The summed E-state index contributed by atoms with van der Waals surface area (Å²) in [6, 6.07) is 8.14. The SMILES string of the molecule is CCCCCCCCCCOc1ccc(NC)cc1. The Morgan fingerprint density at radius 1 is 0.842 bits per heavy atom. The first-order valence-corrected chi connectivity index (χ1v) is 7.77. The summed E-state index contributed by atoms with van der Waals surface area (Å²) in [5.41, 5.74) is 1.12. The van der Waals surface area contributed by atoms with Crippen LogP contribution >= 0.6 is 0 Å². The highest BCUT2D eigenvalue weighted by atomic mass is 16.5. The third kappa shape index (κ3) is 7.76. The third-order valence-corrected chi connectivity index (χ3v) is 3.41. The molecule has 1 rings (SSSR count). The van der Waals surface area contributed by atoms with Crippen LogP contribution in [-0.2, 0) is 0 Å². The summed E-state index contributed by atoms with van der Waals surface area (Å²) in [5.74, 6) is 0.974. The number of rotatable bonds is 11. The first-order valence-electron chi connectivity index (χ1n) is 7.77. The fourth-order valence-corrected chi connectivity index (χ4v) is 2.14. The second-order valence-corrected chi connectivity index (χ2v) is 5.10. The maximum Gasteiger partial charge on any atom is 0.119 e. The zero-order valence-electron chi connectivity index (χ0n) is 12.6. The normalized spacial score (nSPS) is 10.4. The molecule has 0 aliphatic rings. The van der Waals surface area contributed by atoms with Gasteiger partial charge in [-0.25, -0.2) is 0 Å². The molecule has 19 heavy (non-hydrogen) atoms. The quantitative estimate of drug-likeness (QED) is 0.551. The van der Waals surface area contributed by atoms with E-state index in [1.54, 1.807) is 0 Å². The van der Waals surface area contributed by atoms with Gasteiger partial charge in [0.2, 0.25) is 0 Å². The Bertz CT molecular complexity index is 308. The molecule has 0 aliphatic carbocycles. The van der Waals surface area contributed by atoms with Crippen LogP contribution in [0, 0.1) is 0 Å².